The molecule has 0 radical (unpaired) electrons. The molecular formula is C18H24N4O5. The number of nitrogens with zero attached hydrogens (tertiary/aromatic N) is 4. The third-order valence-electron chi connectivity index (χ3n) is 4.77. The van der Waals surface area contributed by atoms with Crippen molar-refractivity contribution in [3.63, 3.8) is 0 Å². The molecule has 0 N–H and O–H groups in total. The van der Waals surface area contributed by atoms with Gasteiger partial charge >= 0.3 is 6.09 Å². The van der Waals surface area contributed by atoms with Crippen LogP contribution in [0.25, 0.3) is 0 Å². The summed E-state index contributed by atoms with van der Waals surface area (Å²) in [6.45, 7) is 4.88. The van der Waals surface area contributed by atoms with E-state index < -0.39 is 11.1 Å². The maximum absolute atomic E-state index is 12.5. The van der Waals surface area contributed by atoms with Crippen molar-refractivity contribution < 1.29 is 19.3 Å². The molecule has 3 rings (SSSR count). The first-order chi connectivity index (χ1) is 13.1. The number of ether oxygens (including phenoxy) is 2. The molecule has 1 unspecified atom stereocenters. The Morgan fingerprint density at radius 2 is 2.22 bits per heavy atom. The minimum Gasteiger partial charge on any atom is -0.444 e. The fourth-order valence-electron chi connectivity index (χ4n) is 3.33. The van der Waals surface area contributed by atoms with Gasteiger partial charge in [0.1, 0.15) is 11.7 Å². The molecule has 2 aliphatic rings. The monoisotopic (exact) mass is 376 g/mol. The van der Waals surface area contributed by atoms with Crippen LogP contribution in [-0.4, -0.2) is 59.7 Å². The number of hydrazone groups is 1. The second-order valence-electron chi connectivity index (χ2n) is 6.69. The van der Waals surface area contributed by atoms with E-state index in [-0.39, 0.29) is 18.5 Å². The molecule has 9 heteroatoms. The number of hydrogen-bond acceptors (Lipinski definition) is 5. The summed E-state index contributed by atoms with van der Waals surface area (Å²) in [6, 6.07) is 7.80. The lowest BCUT2D eigenvalue weighted by Crippen LogP contribution is -2.40. The first kappa shape index (κ1) is 19.1. The number of carbonyl (C=O) groups excluding carboxylic acids is 1. The molecule has 9 nitrogen and oxygen atoms in total. The lowest BCUT2D eigenvalue weighted by molar-refractivity contribution is -0.486. The second-order valence-corrected chi connectivity index (χ2v) is 6.69. The highest BCUT2D eigenvalue weighted by Gasteiger charge is 2.36. The average molecular weight is 376 g/mol. The lowest BCUT2D eigenvalue weighted by atomic mass is 10.1. The van der Waals surface area contributed by atoms with E-state index in [1.165, 1.54) is 4.90 Å². The Morgan fingerprint density at radius 1 is 1.41 bits per heavy atom. The Morgan fingerprint density at radius 3 is 2.93 bits per heavy atom. The Labute approximate surface area is 157 Å². The van der Waals surface area contributed by atoms with E-state index in [2.05, 4.69) is 12.0 Å². The van der Waals surface area contributed by atoms with Crippen molar-refractivity contribution in [1.82, 2.24) is 9.80 Å². The van der Waals surface area contributed by atoms with E-state index >= 15 is 0 Å². The highest BCUT2D eigenvalue weighted by atomic mass is 16.7. The van der Waals surface area contributed by atoms with E-state index in [0.29, 0.717) is 32.8 Å². The Kier molecular flexibility index (Phi) is 6.23. The normalized spacial score (nSPS) is 21.1. The minimum absolute atomic E-state index is 0.0409. The third kappa shape index (κ3) is 4.94. The minimum atomic E-state index is -0.774. The molecule has 0 saturated carbocycles. The highest BCUT2D eigenvalue weighted by molar-refractivity contribution is 5.95. The van der Waals surface area contributed by atoms with Crippen LogP contribution in [0.4, 0.5) is 4.79 Å². The number of nitro groups is 1. The molecule has 2 aliphatic heterocycles. The Balaban J connectivity index is 1.64. The van der Waals surface area contributed by atoms with Crippen LogP contribution in [0.2, 0.25) is 0 Å². The zero-order chi connectivity index (χ0) is 19.2. The number of benzene rings is 1. The van der Waals surface area contributed by atoms with Crippen molar-refractivity contribution in [3.8, 4) is 0 Å². The zero-order valence-electron chi connectivity index (χ0n) is 15.4. The van der Waals surface area contributed by atoms with Gasteiger partial charge in [0.05, 0.1) is 13.2 Å². The number of carbonyl (C=O) groups is 1. The van der Waals surface area contributed by atoms with E-state index in [1.807, 2.05) is 24.3 Å². The van der Waals surface area contributed by atoms with Crippen LogP contribution in [0.1, 0.15) is 24.5 Å². The summed E-state index contributed by atoms with van der Waals surface area (Å²) >= 11 is 0. The van der Waals surface area contributed by atoms with Gasteiger partial charge in [0.15, 0.2) is 5.03 Å². The zero-order valence-corrected chi connectivity index (χ0v) is 15.4. The number of hydrogen-bond donors (Lipinski definition) is 0. The summed E-state index contributed by atoms with van der Waals surface area (Å²) in [7, 11) is 0. The molecule has 0 bridgehead atoms. The van der Waals surface area contributed by atoms with Gasteiger partial charge in [-0.1, -0.05) is 31.2 Å². The fourth-order valence-corrected chi connectivity index (χ4v) is 3.33. The molecular weight excluding hydrogens is 352 g/mol. The van der Waals surface area contributed by atoms with Crippen molar-refractivity contribution in [3.05, 3.63) is 45.5 Å². The topological polar surface area (TPSA) is 97.5 Å². The lowest BCUT2D eigenvalue weighted by Gasteiger charge is -2.21. The number of aryl methyl sites for hydroxylation is 1. The molecule has 27 heavy (non-hydrogen) atoms. The van der Waals surface area contributed by atoms with Crippen molar-refractivity contribution in [2.75, 3.05) is 32.8 Å². The molecule has 0 spiro atoms. The second kappa shape index (κ2) is 8.81. The first-order valence-electron chi connectivity index (χ1n) is 9.14. The molecule has 2 heterocycles. The molecule has 146 valence electrons. The predicted molar refractivity (Wildman–Crippen MR) is 97.6 cm³/mol. The summed E-state index contributed by atoms with van der Waals surface area (Å²) in [6.07, 6.45) is 1.18. The Hall–Kier alpha value is -2.68. The Bertz CT molecular complexity index is 717. The van der Waals surface area contributed by atoms with Crippen LogP contribution in [-0.2, 0) is 22.5 Å². The van der Waals surface area contributed by atoms with Gasteiger partial charge in [-0.05, 0) is 24.0 Å². The van der Waals surface area contributed by atoms with Crippen molar-refractivity contribution in [1.29, 1.82) is 0 Å². The number of rotatable bonds is 6. The van der Waals surface area contributed by atoms with Crippen molar-refractivity contribution in [2.45, 2.75) is 26.4 Å². The van der Waals surface area contributed by atoms with Gasteiger partial charge in [0.2, 0.25) is 0 Å². The van der Waals surface area contributed by atoms with E-state index in [4.69, 9.17) is 9.47 Å². The van der Waals surface area contributed by atoms with Crippen LogP contribution >= 0.6 is 0 Å². The summed E-state index contributed by atoms with van der Waals surface area (Å²) in [5, 5.41) is 13.6. The number of guanidine groups is 1. The molecule has 1 aromatic rings. The van der Waals surface area contributed by atoms with Crippen LogP contribution < -0.4 is 0 Å². The van der Waals surface area contributed by atoms with Crippen LogP contribution in [0.15, 0.2) is 29.4 Å². The van der Waals surface area contributed by atoms with E-state index in [9.17, 15) is 14.9 Å². The van der Waals surface area contributed by atoms with Gasteiger partial charge in [-0.3, -0.25) is 0 Å². The number of amides is 1. The summed E-state index contributed by atoms with van der Waals surface area (Å²) < 4.78 is 10.7. The summed E-state index contributed by atoms with van der Waals surface area (Å²) in [5.74, 6) is 0.328. The van der Waals surface area contributed by atoms with Gasteiger partial charge in [-0.25, -0.2) is 19.8 Å². The smallest absolute Gasteiger partial charge is 0.417 e. The molecule has 2 saturated heterocycles. The van der Waals surface area contributed by atoms with Crippen LogP contribution in [0.5, 0.6) is 0 Å². The standard InChI is InChI=1S/C18H24N4O5/c1-2-14-4-3-5-15(10-14)13-27-18(23)21-8-7-20(17(21)19-22(24)25)11-16-6-9-26-12-16/h3-5,10,16H,2,6-9,11-13H2,1H3. The van der Waals surface area contributed by atoms with Gasteiger partial charge in [-0.15, -0.1) is 0 Å². The molecule has 1 atom stereocenters. The maximum Gasteiger partial charge on any atom is 0.417 e. The van der Waals surface area contributed by atoms with Gasteiger partial charge < -0.3 is 14.4 Å². The summed E-state index contributed by atoms with van der Waals surface area (Å²) in [5.41, 5.74) is 2.04. The van der Waals surface area contributed by atoms with Crippen molar-refractivity contribution in [2.24, 2.45) is 11.0 Å². The van der Waals surface area contributed by atoms with Gasteiger partial charge in [0, 0.05) is 25.6 Å². The van der Waals surface area contributed by atoms with Crippen LogP contribution in [0, 0.1) is 16.0 Å². The average Bonchev–Trinajstić information content (AvgIpc) is 3.30. The highest BCUT2D eigenvalue weighted by Crippen LogP contribution is 2.19. The quantitative estimate of drug-likeness (QED) is 0.557. The van der Waals surface area contributed by atoms with E-state index in [1.54, 1.807) is 4.90 Å². The molecule has 1 aromatic carbocycles. The predicted octanol–water partition coefficient (Wildman–Crippen LogP) is 2.09. The van der Waals surface area contributed by atoms with Gasteiger partial charge in [0.25, 0.3) is 5.96 Å². The van der Waals surface area contributed by atoms with Crippen molar-refractivity contribution >= 4 is 12.1 Å². The molecule has 0 aliphatic carbocycles. The first-order valence-corrected chi connectivity index (χ1v) is 9.14. The molecule has 0 aromatic heterocycles. The summed E-state index contributed by atoms with van der Waals surface area (Å²) in [4.78, 5) is 26.4. The third-order valence-corrected chi connectivity index (χ3v) is 4.77. The van der Waals surface area contributed by atoms with E-state index in [0.717, 1.165) is 24.0 Å². The SMILES string of the molecule is CCc1cccc(COC(=O)N2CCN(CC3CCOC3)C2=N[N+](=O)[O-])c1. The maximum atomic E-state index is 12.5. The fraction of sp³-hybridized carbons (Fsp3) is 0.556. The van der Waals surface area contributed by atoms with Gasteiger partial charge in [-0.2, -0.15) is 0 Å². The molecule has 1 amide bonds. The largest absolute Gasteiger partial charge is 0.444 e. The van der Waals surface area contributed by atoms with Crippen LogP contribution in [0.3, 0.4) is 0 Å². The molecule has 2 fully saturated rings.